The molecule has 1 aliphatic rings. The summed E-state index contributed by atoms with van der Waals surface area (Å²) in [7, 11) is 0. The van der Waals surface area contributed by atoms with Gasteiger partial charge < -0.3 is 10.2 Å². The lowest BCUT2D eigenvalue weighted by molar-refractivity contribution is 0.0713. The number of piperazine rings is 1. The minimum absolute atomic E-state index is 0.128. The maximum atomic E-state index is 12.1. The van der Waals surface area contributed by atoms with E-state index in [0.717, 1.165) is 30.2 Å². The molecule has 82 valence electrons. The molecule has 0 aliphatic carbocycles. The summed E-state index contributed by atoms with van der Waals surface area (Å²) in [4.78, 5) is 18.9. The van der Waals surface area contributed by atoms with Crippen molar-refractivity contribution in [1.29, 1.82) is 0 Å². The van der Waals surface area contributed by atoms with E-state index in [1.807, 2.05) is 11.8 Å². The first-order valence-electron chi connectivity index (χ1n) is 5.11. The fraction of sp³-hybridized carbons (Fsp3) is 0.600. The number of carbonyl (C=O) groups excluding carboxylic acids is 1. The molecule has 1 unspecified atom stereocenters. The van der Waals surface area contributed by atoms with Crippen LogP contribution in [-0.4, -0.2) is 41.5 Å². The number of carbonyl (C=O) groups is 1. The first kappa shape index (κ1) is 10.6. The summed E-state index contributed by atoms with van der Waals surface area (Å²) in [6.07, 6.45) is 0. The molecule has 1 amide bonds. The summed E-state index contributed by atoms with van der Waals surface area (Å²) in [6, 6.07) is 0.385. The average Bonchev–Trinajstić information content (AvgIpc) is 2.63. The molecule has 1 fully saturated rings. The fourth-order valence-corrected chi connectivity index (χ4v) is 2.54. The second-order valence-corrected chi connectivity index (χ2v) is 4.73. The standard InChI is InChI=1S/C10H15N3OS/c1-7-5-13(4-3-11-7)10(14)9-8(2)12-6-15-9/h6-7,11H,3-5H2,1-2H3. The molecule has 0 saturated carbocycles. The van der Waals surface area contributed by atoms with Crippen LogP contribution < -0.4 is 5.32 Å². The highest BCUT2D eigenvalue weighted by molar-refractivity contribution is 7.11. The maximum Gasteiger partial charge on any atom is 0.265 e. The van der Waals surface area contributed by atoms with Crippen molar-refractivity contribution in [2.75, 3.05) is 19.6 Å². The molecule has 1 aromatic heterocycles. The molecule has 15 heavy (non-hydrogen) atoms. The third kappa shape index (κ3) is 2.18. The Morgan fingerprint density at radius 3 is 3.13 bits per heavy atom. The SMILES string of the molecule is Cc1ncsc1C(=O)N1CCNC(C)C1. The molecule has 5 heteroatoms. The molecule has 1 atom stereocenters. The van der Waals surface area contributed by atoms with Gasteiger partial charge in [0.1, 0.15) is 4.88 Å². The van der Waals surface area contributed by atoms with E-state index in [4.69, 9.17) is 0 Å². The molecule has 1 aromatic rings. The van der Waals surface area contributed by atoms with Crippen LogP contribution in [0.1, 0.15) is 22.3 Å². The number of hydrogen-bond donors (Lipinski definition) is 1. The third-order valence-corrected chi connectivity index (χ3v) is 3.51. The molecular weight excluding hydrogens is 210 g/mol. The zero-order valence-corrected chi connectivity index (χ0v) is 9.80. The van der Waals surface area contributed by atoms with Crippen molar-refractivity contribution in [2.24, 2.45) is 0 Å². The lowest BCUT2D eigenvalue weighted by atomic mass is 10.2. The molecule has 4 nitrogen and oxygen atoms in total. The Bertz CT molecular complexity index is 363. The summed E-state index contributed by atoms with van der Waals surface area (Å²) >= 11 is 1.43. The lowest BCUT2D eigenvalue weighted by Crippen LogP contribution is -2.51. The van der Waals surface area contributed by atoms with Gasteiger partial charge >= 0.3 is 0 Å². The van der Waals surface area contributed by atoms with Crippen molar-refractivity contribution in [3.05, 3.63) is 16.1 Å². The van der Waals surface area contributed by atoms with E-state index >= 15 is 0 Å². The number of amides is 1. The predicted octanol–water partition coefficient (Wildman–Crippen LogP) is 0.885. The van der Waals surface area contributed by atoms with E-state index in [1.54, 1.807) is 5.51 Å². The number of thiazole rings is 1. The number of hydrogen-bond acceptors (Lipinski definition) is 4. The van der Waals surface area contributed by atoms with Crippen LogP contribution in [0.2, 0.25) is 0 Å². The molecule has 1 saturated heterocycles. The van der Waals surface area contributed by atoms with E-state index in [0.29, 0.717) is 6.04 Å². The van der Waals surface area contributed by atoms with Gasteiger partial charge in [-0.05, 0) is 13.8 Å². The number of rotatable bonds is 1. The molecule has 1 N–H and O–H groups in total. The molecule has 1 aliphatic heterocycles. The minimum Gasteiger partial charge on any atom is -0.335 e. The average molecular weight is 225 g/mol. The summed E-state index contributed by atoms with van der Waals surface area (Å²) in [6.45, 7) is 6.44. The van der Waals surface area contributed by atoms with Crippen LogP contribution in [0, 0.1) is 6.92 Å². The highest BCUT2D eigenvalue weighted by Gasteiger charge is 2.23. The van der Waals surface area contributed by atoms with Crippen LogP contribution in [0.3, 0.4) is 0 Å². The third-order valence-electron chi connectivity index (χ3n) is 2.60. The molecule has 0 bridgehead atoms. The van der Waals surface area contributed by atoms with E-state index in [9.17, 15) is 4.79 Å². The van der Waals surface area contributed by atoms with E-state index in [1.165, 1.54) is 11.3 Å². The number of nitrogens with zero attached hydrogens (tertiary/aromatic N) is 2. The van der Waals surface area contributed by atoms with Crippen LogP contribution in [-0.2, 0) is 0 Å². The van der Waals surface area contributed by atoms with Crippen molar-refractivity contribution < 1.29 is 4.79 Å². The van der Waals surface area contributed by atoms with Crippen molar-refractivity contribution >= 4 is 17.2 Å². The Hall–Kier alpha value is -0.940. The summed E-state index contributed by atoms with van der Waals surface area (Å²) in [5.74, 6) is 0.128. The van der Waals surface area contributed by atoms with Crippen molar-refractivity contribution in [1.82, 2.24) is 15.2 Å². The number of nitrogens with one attached hydrogen (secondary N) is 1. The fourth-order valence-electron chi connectivity index (χ4n) is 1.77. The van der Waals surface area contributed by atoms with Gasteiger partial charge in [0.2, 0.25) is 0 Å². The first-order valence-corrected chi connectivity index (χ1v) is 5.99. The van der Waals surface area contributed by atoms with Crippen LogP contribution >= 0.6 is 11.3 Å². The summed E-state index contributed by atoms with van der Waals surface area (Å²) < 4.78 is 0. The monoisotopic (exact) mass is 225 g/mol. The van der Waals surface area contributed by atoms with Crippen LogP contribution in [0.15, 0.2) is 5.51 Å². The predicted molar refractivity (Wildman–Crippen MR) is 60.2 cm³/mol. The van der Waals surface area contributed by atoms with Gasteiger partial charge in [-0.1, -0.05) is 0 Å². The second-order valence-electron chi connectivity index (χ2n) is 3.87. The van der Waals surface area contributed by atoms with Crippen LogP contribution in [0.25, 0.3) is 0 Å². The first-order chi connectivity index (χ1) is 7.18. The van der Waals surface area contributed by atoms with Crippen molar-refractivity contribution in [3.8, 4) is 0 Å². The quantitative estimate of drug-likeness (QED) is 0.772. The van der Waals surface area contributed by atoms with Crippen molar-refractivity contribution in [2.45, 2.75) is 19.9 Å². The van der Waals surface area contributed by atoms with Gasteiger partial charge in [0.25, 0.3) is 5.91 Å². The van der Waals surface area contributed by atoms with Crippen LogP contribution in [0.4, 0.5) is 0 Å². The molecule has 2 rings (SSSR count). The van der Waals surface area contributed by atoms with E-state index in [2.05, 4.69) is 17.2 Å². The topological polar surface area (TPSA) is 45.2 Å². The van der Waals surface area contributed by atoms with Crippen LogP contribution in [0.5, 0.6) is 0 Å². The Labute approximate surface area is 93.3 Å². The molecule has 0 aromatic carbocycles. The summed E-state index contributed by atoms with van der Waals surface area (Å²) in [5.41, 5.74) is 2.57. The number of aryl methyl sites for hydroxylation is 1. The Kier molecular flexibility index (Phi) is 3.02. The second kappa shape index (κ2) is 4.28. The Morgan fingerprint density at radius 2 is 2.53 bits per heavy atom. The van der Waals surface area contributed by atoms with Gasteiger partial charge in [-0.3, -0.25) is 4.79 Å². The van der Waals surface area contributed by atoms with Gasteiger partial charge in [-0.2, -0.15) is 0 Å². The number of aromatic nitrogens is 1. The molecular formula is C10H15N3OS. The smallest absolute Gasteiger partial charge is 0.265 e. The molecule has 2 heterocycles. The summed E-state index contributed by atoms with van der Waals surface area (Å²) in [5, 5.41) is 3.32. The van der Waals surface area contributed by atoms with Gasteiger partial charge in [-0.15, -0.1) is 11.3 Å². The molecule has 0 radical (unpaired) electrons. The zero-order valence-electron chi connectivity index (χ0n) is 8.99. The minimum atomic E-state index is 0.128. The molecule has 0 spiro atoms. The lowest BCUT2D eigenvalue weighted by Gasteiger charge is -2.31. The van der Waals surface area contributed by atoms with Crippen molar-refractivity contribution in [3.63, 3.8) is 0 Å². The van der Waals surface area contributed by atoms with E-state index in [-0.39, 0.29) is 5.91 Å². The Balaban J connectivity index is 2.11. The largest absolute Gasteiger partial charge is 0.335 e. The van der Waals surface area contributed by atoms with Gasteiger partial charge in [-0.25, -0.2) is 4.98 Å². The van der Waals surface area contributed by atoms with Gasteiger partial charge in [0.15, 0.2) is 0 Å². The van der Waals surface area contributed by atoms with Gasteiger partial charge in [0.05, 0.1) is 11.2 Å². The normalized spacial score (nSPS) is 21.7. The van der Waals surface area contributed by atoms with Gasteiger partial charge in [0, 0.05) is 25.7 Å². The highest BCUT2D eigenvalue weighted by Crippen LogP contribution is 2.15. The highest BCUT2D eigenvalue weighted by atomic mass is 32.1. The zero-order chi connectivity index (χ0) is 10.8. The van der Waals surface area contributed by atoms with E-state index < -0.39 is 0 Å². The maximum absolute atomic E-state index is 12.1. The Morgan fingerprint density at radius 1 is 1.73 bits per heavy atom.